The van der Waals surface area contributed by atoms with Crippen molar-refractivity contribution in [2.75, 3.05) is 7.11 Å². The number of hydrogen-bond donors (Lipinski definition) is 0. The molecule has 0 bridgehead atoms. The third-order valence-corrected chi connectivity index (χ3v) is 4.11. The highest BCUT2D eigenvalue weighted by atomic mass is 19.1. The molecule has 0 radical (unpaired) electrons. The highest BCUT2D eigenvalue weighted by Gasteiger charge is 2.10. The lowest BCUT2D eigenvalue weighted by molar-refractivity contribution is 0.398. The molecule has 0 fully saturated rings. The molecule has 6 heteroatoms. The lowest BCUT2D eigenvalue weighted by atomic mass is 10.0. The monoisotopic (exact) mass is 334 g/mol. The number of halogens is 1. The van der Waals surface area contributed by atoms with E-state index in [-0.39, 0.29) is 5.82 Å². The van der Waals surface area contributed by atoms with E-state index in [0.29, 0.717) is 5.88 Å². The summed E-state index contributed by atoms with van der Waals surface area (Å²) in [6.45, 7) is 1.87. The Morgan fingerprint density at radius 2 is 1.88 bits per heavy atom. The molecule has 0 atom stereocenters. The Hall–Kier alpha value is -3.28. The van der Waals surface area contributed by atoms with Gasteiger partial charge in [0.2, 0.25) is 5.88 Å². The molecule has 0 saturated heterocycles. The van der Waals surface area contributed by atoms with Crippen LogP contribution in [0.25, 0.3) is 28.0 Å². The molecule has 124 valence electrons. The summed E-state index contributed by atoms with van der Waals surface area (Å²) in [5, 5.41) is 0. The molecule has 0 spiro atoms. The van der Waals surface area contributed by atoms with Crippen molar-refractivity contribution in [2.45, 2.75) is 6.92 Å². The lowest BCUT2D eigenvalue weighted by Crippen LogP contribution is -1.95. The van der Waals surface area contributed by atoms with Gasteiger partial charge in [-0.3, -0.25) is 9.55 Å². The first kappa shape index (κ1) is 15.3. The molecule has 0 N–H and O–H groups in total. The van der Waals surface area contributed by atoms with Crippen molar-refractivity contribution in [3.63, 3.8) is 0 Å². The molecular weight excluding hydrogens is 319 g/mol. The second-order valence-corrected chi connectivity index (χ2v) is 5.69. The zero-order valence-electron chi connectivity index (χ0n) is 13.8. The van der Waals surface area contributed by atoms with Crippen LogP contribution in [0.3, 0.4) is 0 Å². The third kappa shape index (κ3) is 2.71. The van der Waals surface area contributed by atoms with Crippen molar-refractivity contribution in [2.24, 2.45) is 0 Å². The first-order valence-electron chi connectivity index (χ1n) is 7.76. The summed E-state index contributed by atoms with van der Waals surface area (Å²) in [4.78, 5) is 13.1. The van der Waals surface area contributed by atoms with Gasteiger partial charge >= 0.3 is 0 Å². The zero-order valence-corrected chi connectivity index (χ0v) is 13.8. The minimum absolute atomic E-state index is 0.253. The Kier molecular flexibility index (Phi) is 3.65. The Morgan fingerprint density at radius 1 is 1.00 bits per heavy atom. The van der Waals surface area contributed by atoms with Gasteiger partial charge in [0.15, 0.2) is 0 Å². The minimum atomic E-state index is -0.253. The summed E-state index contributed by atoms with van der Waals surface area (Å²) in [7, 11) is 1.58. The van der Waals surface area contributed by atoms with Crippen LogP contribution in [0.5, 0.6) is 5.88 Å². The van der Waals surface area contributed by atoms with Crippen molar-refractivity contribution < 1.29 is 9.13 Å². The molecule has 3 heterocycles. The van der Waals surface area contributed by atoms with Gasteiger partial charge in [0.25, 0.3) is 0 Å². The van der Waals surface area contributed by atoms with Gasteiger partial charge < -0.3 is 4.74 Å². The van der Waals surface area contributed by atoms with Crippen LogP contribution in [0.1, 0.15) is 5.56 Å². The summed E-state index contributed by atoms with van der Waals surface area (Å²) < 4.78 is 20.4. The van der Waals surface area contributed by atoms with Gasteiger partial charge in [-0.2, -0.15) is 0 Å². The summed E-state index contributed by atoms with van der Waals surface area (Å²) in [6.07, 6.45) is 5.18. The number of aryl methyl sites for hydroxylation is 1. The predicted molar refractivity (Wildman–Crippen MR) is 93.3 cm³/mol. The van der Waals surface area contributed by atoms with Gasteiger partial charge in [0, 0.05) is 11.6 Å². The van der Waals surface area contributed by atoms with Crippen LogP contribution < -0.4 is 4.74 Å². The van der Waals surface area contributed by atoms with E-state index in [1.54, 1.807) is 38.0 Å². The molecule has 0 unspecified atom stereocenters. The maximum atomic E-state index is 13.4. The number of pyridine rings is 2. The van der Waals surface area contributed by atoms with Crippen molar-refractivity contribution in [3.8, 4) is 22.8 Å². The first-order valence-corrected chi connectivity index (χ1v) is 7.76. The fourth-order valence-corrected chi connectivity index (χ4v) is 2.82. The minimum Gasteiger partial charge on any atom is -0.481 e. The van der Waals surface area contributed by atoms with Crippen LogP contribution >= 0.6 is 0 Å². The highest BCUT2D eigenvalue weighted by molar-refractivity contribution is 5.81. The number of ether oxygens (including phenoxy) is 1. The average Bonchev–Trinajstić information content (AvgIpc) is 3.05. The predicted octanol–water partition coefficient (Wildman–Crippen LogP) is 3.94. The van der Waals surface area contributed by atoms with Crippen LogP contribution in [-0.4, -0.2) is 26.6 Å². The van der Waals surface area contributed by atoms with E-state index in [1.165, 1.54) is 12.1 Å². The largest absolute Gasteiger partial charge is 0.481 e. The van der Waals surface area contributed by atoms with Gasteiger partial charge in [-0.15, -0.1) is 0 Å². The fourth-order valence-electron chi connectivity index (χ4n) is 2.82. The Morgan fingerprint density at radius 3 is 2.60 bits per heavy atom. The zero-order chi connectivity index (χ0) is 17.4. The molecule has 0 aliphatic carbocycles. The molecule has 4 rings (SSSR count). The van der Waals surface area contributed by atoms with Gasteiger partial charge in [0.1, 0.15) is 17.7 Å². The number of benzene rings is 1. The van der Waals surface area contributed by atoms with Crippen LogP contribution in [0.2, 0.25) is 0 Å². The number of aromatic nitrogens is 4. The summed E-state index contributed by atoms with van der Waals surface area (Å²) >= 11 is 0. The topological polar surface area (TPSA) is 52.8 Å². The molecule has 5 nitrogen and oxygen atoms in total. The van der Waals surface area contributed by atoms with Crippen LogP contribution in [0.4, 0.5) is 4.39 Å². The van der Waals surface area contributed by atoms with E-state index < -0.39 is 0 Å². The first-order chi connectivity index (χ1) is 12.2. The molecular formula is C19H15FN4O. The molecule has 0 aliphatic rings. The van der Waals surface area contributed by atoms with Gasteiger partial charge in [-0.1, -0.05) is 0 Å². The van der Waals surface area contributed by atoms with E-state index in [0.717, 1.165) is 33.5 Å². The number of nitrogens with zero attached hydrogens (tertiary/aromatic N) is 4. The van der Waals surface area contributed by atoms with E-state index in [4.69, 9.17) is 4.74 Å². The number of hydrogen-bond acceptors (Lipinski definition) is 4. The summed E-state index contributed by atoms with van der Waals surface area (Å²) in [5.41, 5.74) is 5.05. The Balaban J connectivity index is 1.84. The molecule has 1 aromatic carbocycles. The SMILES string of the molecule is COc1ccc(-n2cnc3cnc(-c4ccc(F)cc4C)cc32)cn1. The average molecular weight is 334 g/mol. The van der Waals surface area contributed by atoms with Crippen molar-refractivity contribution in [1.29, 1.82) is 0 Å². The normalized spacial score (nSPS) is 11.0. The Bertz CT molecular complexity index is 1060. The molecule has 25 heavy (non-hydrogen) atoms. The highest BCUT2D eigenvalue weighted by Crippen LogP contribution is 2.26. The lowest BCUT2D eigenvalue weighted by Gasteiger charge is -2.08. The maximum Gasteiger partial charge on any atom is 0.213 e. The molecule has 0 saturated carbocycles. The van der Waals surface area contributed by atoms with E-state index in [9.17, 15) is 4.39 Å². The summed E-state index contributed by atoms with van der Waals surface area (Å²) in [5.74, 6) is 0.300. The van der Waals surface area contributed by atoms with Crippen molar-refractivity contribution in [1.82, 2.24) is 19.5 Å². The number of rotatable bonds is 3. The van der Waals surface area contributed by atoms with Crippen LogP contribution in [-0.2, 0) is 0 Å². The van der Waals surface area contributed by atoms with Gasteiger partial charge in [0.05, 0.1) is 36.4 Å². The molecule has 4 aromatic rings. The number of methoxy groups -OCH3 is 1. The smallest absolute Gasteiger partial charge is 0.213 e. The second-order valence-electron chi connectivity index (χ2n) is 5.69. The van der Waals surface area contributed by atoms with Crippen LogP contribution in [0, 0.1) is 12.7 Å². The molecule has 0 aliphatic heterocycles. The molecule has 0 amide bonds. The molecule has 3 aromatic heterocycles. The van der Waals surface area contributed by atoms with Crippen molar-refractivity contribution >= 4 is 11.0 Å². The van der Waals surface area contributed by atoms with E-state index in [1.807, 2.05) is 23.6 Å². The van der Waals surface area contributed by atoms with E-state index >= 15 is 0 Å². The van der Waals surface area contributed by atoms with Crippen molar-refractivity contribution in [3.05, 3.63) is 66.5 Å². The maximum absolute atomic E-state index is 13.4. The van der Waals surface area contributed by atoms with Gasteiger partial charge in [-0.05, 0) is 42.8 Å². The summed E-state index contributed by atoms with van der Waals surface area (Å²) in [6, 6.07) is 10.4. The second kappa shape index (κ2) is 5.98. The number of imidazole rings is 1. The Labute approximate surface area is 143 Å². The van der Waals surface area contributed by atoms with Crippen LogP contribution in [0.15, 0.2) is 55.1 Å². The quantitative estimate of drug-likeness (QED) is 0.569. The van der Waals surface area contributed by atoms with E-state index in [2.05, 4.69) is 15.0 Å². The third-order valence-electron chi connectivity index (χ3n) is 4.11. The van der Waals surface area contributed by atoms with Gasteiger partial charge in [-0.25, -0.2) is 14.4 Å². The standard InChI is InChI=1S/C19H15FN4O/c1-12-7-13(20)3-5-15(12)16-8-18-17(10-21-16)23-11-24(18)14-4-6-19(25-2)22-9-14/h3-11H,1-2H3. The fraction of sp³-hybridized carbons (Fsp3) is 0.105. The number of fused-ring (bicyclic) bond motifs is 1.